The molecule has 18 heavy (non-hydrogen) atoms. The normalized spacial score (nSPS) is 15.4. The van der Waals surface area contributed by atoms with Gasteiger partial charge in [0, 0.05) is 26.1 Å². The maximum Gasteiger partial charge on any atom is 0.261 e. The number of hydrogen-bond donors (Lipinski definition) is 1. The van der Waals surface area contributed by atoms with Gasteiger partial charge in [0.1, 0.15) is 0 Å². The van der Waals surface area contributed by atoms with Gasteiger partial charge in [-0.3, -0.25) is 9.59 Å². The van der Waals surface area contributed by atoms with Gasteiger partial charge < -0.3 is 10.2 Å². The van der Waals surface area contributed by atoms with Crippen LogP contribution in [0.15, 0.2) is 17.5 Å². The van der Waals surface area contributed by atoms with Gasteiger partial charge in [-0.05, 0) is 30.7 Å². The van der Waals surface area contributed by atoms with Crippen LogP contribution in [-0.2, 0) is 4.79 Å². The first-order chi connectivity index (χ1) is 8.77. The number of thiophene rings is 1. The van der Waals surface area contributed by atoms with Gasteiger partial charge in [-0.2, -0.15) is 0 Å². The summed E-state index contributed by atoms with van der Waals surface area (Å²) in [7, 11) is 0. The monoisotopic (exact) mass is 266 g/mol. The minimum absolute atomic E-state index is 0.0866. The summed E-state index contributed by atoms with van der Waals surface area (Å²) in [6.07, 6.45) is 3.83. The number of nitrogens with zero attached hydrogens (tertiary/aromatic N) is 1. The van der Waals surface area contributed by atoms with E-state index < -0.39 is 0 Å². The zero-order valence-corrected chi connectivity index (χ0v) is 11.2. The fourth-order valence-electron chi connectivity index (χ4n) is 2.08. The molecule has 1 aliphatic rings. The van der Waals surface area contributed by atoms with Crippen molar-refractivity contribution in [3.63, 3.8) is 0 Å². The molecule has 0 radical (unpaired) electrons. The molecule has 98 valence electrons. The summed E-state index contributed by atoms with van der Waals surface area (Å²) < 4.78 is 0. The standard InChI is InChI=1S/C13H18N2O2S/c16-12(15-8-2-1-3-9-15)6-7-14-13(17)11-5-4-10-18-11/h4-5,10H,1-3,6-9H2,(H,14,17). The van der Waals surface area contributed by atoms with E-state index in [0.717, 1.165) is 25.9 Å². The Hall–Kier alpha value is -1.36. The molecule has 1 aromatic heterocycles. The summed E-state index contributed by atoms with van der Waals surface area (Å²) >= 11 is 1.41. The summed E-state index contributed by atoms with van der Waals surface area (Å²) in [6, 6.07) is 3.63. The second-order valence-corrected chi connectivity index (χ2v) is 5.37. The lowest BCUT2D eigenvalue weighted by atomic mass is 10.1. The van der Waals surface area contributed by atoms with Crippen molar-refractivity contribution in [3.05, 3.63) is 22.4 Å². The second kappa shape index (κ2) is 6.54. The molecule has 0 spiro atoms. The van der Waals surface area contributed by atoms with Crippen LogP contribution in [0.2, 0.25) is 0 Å². The summed E-state index contributed by atoms with van der Waals surface area (Å²) in [5.41, 5.74) is 0. The number of carbonyl (C=O) groups is 2. The van der Waals surface area contributed by atoms with E-state index in [0.29, 0.717) is 17.8 Å². The Morgan fingerprint density at radius 1 is 1.28 bits per heavy atom. The molecular weight excluding hydrogens is 248 g/mol. The molecule has 0 atom stereocenters. The van der Waals surface area contributed by atoms with Gasteiger partial charge in [0.05, 0.1) is 4.88 Å². The quantitative estimate of drug-likeness (QED) is 0.904. The molecule has 4 nitrogen and oxygen atoms in total. The smallest absolute Gasteiger partial charge is 0.261 e. The Kier molecular flexibility index (Phi) is 4.75. The highest BCUT2D eigenvalue weighted by Gasteiger charge is 2.16. The molecule has 2 amide bonds. The molecule has 1 saturated heterocycles. The Labute approximate surface area is 111 Å². The molecule has 1 N–H and O–H groups in total. The number of carbonyl (C=O) groups excluding carboxylic acids is 2. The Balaban J connectivity index is 1.68. The number of rotatable bonds is 4. The topological polar surface area (TPSA) is 49.4 Å². The predicted octanol–water partition coefficient (Wildman–Crippen LogP) is 1.88. The highest BCUT2D eigenvalue weighted by atomic mass is 32.1. The fraction of sp³-hybridized carbons (Fsp3) is 0.538. The Morgan fingerprint density at radius 3 is 2.72 bits per heavy atom. The van der Waals surface area contributed by atoms with Gasteiger partial charge in [-0.15, -0.1) is 11.3 Å². The average Bonchev–Trinajstić information content (AvgIpc) is 2.93. The molecule has 1 aromatic rings. The maximum absolute atomic E-state index is 11.8. The minimum atomic E-state index is -0.0866. The lowest BCUT2D eigenvalue weighted by Gasteiger charge is -2.26. The molecule has 0 saturated carbocycles. The third kappa shape index (κ3) is 3.57. The molecule has 1 fully saturated rings. The van der Waals surface area contributed by atoms with Crippen molar-refractivity contribution >= 4 is 23.2 Å². The summed E-state index contributed by atoms with van der Waals surface area (Å²) in [5, 5.41) is 4.65. The zero-order chi connectivity index (χ0) is 12.8. The van der Waals surface area contributed by atoms with E-state index in [1.807, 2.05) is 16.3 Å². The number of nitrogens with one attached hydrogen (secondary N) is 1. The zero-order valence-electron chi connectivity index (χ0n) is 10.4. The highest BCUT2D eigenvalue weighted by molar-refractivity contribution is 7.12. The van der Waals surface area contributed by atoms with E-state index in [4.69, 9.17) is 0 Å². The van der Waals surface area contributed by atoms with E-state index in [1.165, 1.54) is 17.8 Å². The Morgan fingerprint density at radius 2 is 2.06 bits per heavy atom. The third-order valence-corrected chi connectivity index (χ3v) is 3.95. The van der Waals surface area contributed by atoms with Crippen LogP contribution in [0, 0.1) is 0 Å². The van der Waals surface area contributed by atoms with Crippen LogP contribution in [0.4, 0.5) is 0 Å². The van der Waals surface area contributed by atoms with Crippen LogP contribution in [0.5, 0.6) is 0 Å². The molecular formula is C13H18N2O2S. The lowest BCUT2D eigenvalue weighted by Crippen LogP contribution is -2.37. The molecule has 5 heteroatoms. The van der Waals surface area contributed by atoms with Crippen molar-refractivity contribution in [2.24, 2.45) is 0 Å². The van der Waals surface area contributed by atoms with Gasteiger partial charge in [0.25, 0.3) is 5.91 Å². The molecule has 2 heterocycles. The second-order valence-electron chi connectivity index (χ2n) is 4.42. The lowest BCUT2D eigenvalue weighted by molar-refractivity contribution is -0.131. The Bertz CT molecular complexity index is 397. The first-order valence-electron chi connectivity index (χ1n) is 6.37. The van der Waals surface area contributed by atoms with Crippen LogP contribution in [0.1, 0.15) is 35.4 Å². The first-order valence-corrected chi connectivity index (χ1v) is 7.25. The van der Waals surface area contributed by atoms with E-state index in [1.54, 1.807) is 6.07 Å². The van der Waals surface area contributed by atoms with Gasteiger partial charge in [0.15, 0.2) is 0 Å². The van der Waals surface area contributed by atoms with Gasteiger partial charge >= 0.3 is 0 Å². The van der Waals surface area contributed by atoms with E-state index in [9.17, 15) is 9.59 Å². The summed E-state index contributed by atoms with van der Waals surface area (Å²) in [5.74, 6) is 0.0672. The SMILES string of the molecule is O=C(NCCC(=O)N1CCCCC1)c1cccs1. The van der Waals surface area contributed by atoms with Crippen molar-refractivity contribution in [1.82, 2.24) is 10.2 Å². The molecule has 0 aromatic carbocycles. The van der Waals surface area contributed by atoms with Crippen molar-refractivity contribution in [2.45, 2.75) is 25.7 Å². The number of piperidine rings is 1. The largest absolute Gasteiger partial charge is 0.351 e. The van der Waals surface area contributed by atoms with Crippen molar-refractivity contribution in [1.29, 1.82) is 0 Å². The number of likely N-dealkylation sites (tertiary alicyclic amines) is 1. The van der Waals surface area contributed by atoms with Crippen LogP contribution in [0.25, 0.3) is 0 Å². The average molecular weight is 266 g/mol. The third-order valence-electron chi connectivity index (χ3n) is 3.08. The fourth-order valence-corrected chi connectivity index (χ4v) is 2.72. The first kappa shape index (κ1) is 13.1. The van der Waals surface area contributed by atoms with Crippen LogP contribution in [-0.4, -0.2) is 36.3 Å². The maximum atomic E-state index is 11.8. The molecule has 0 unspecified atom stereocenters. The number of hydrogen-bond acceptors (Lipinski definition) is 3. The van der Waals surface area contributed by atoms with E-state index in [2.05, 4.69) is 5.32 Å². The van der Waals surface area contributed by atoms with Gasteiger partial charge in [0.2, 0.25) is 5.91 Å². The molecule has 0 aliphatic carbocycles. The molecule has 1 aliphatic heterocycles. The van der Waals surface area contributed by atoms with Gasteiger partial charge in [-0.1, -0.05) is 6.07 Å². The summed E-state index contributed by atoms with van der Waals surface area (Å²) in [6.45, 7) is 2.17. The van der Waals surface area contributed by atoms with Crippen molar-refractivity contribution in [3.8, 4) is 0 Å². The van der Waals surface area contributed by atoms with Crippen LogP contribution >= 0.6 is 11.3 Å². The van der Waals surface area contributed by atoms with Crippen molar-refractivity contribution < 1.29 is 9.59 Å². The number of amides is 2. The van der Waals surface area contributed by atoms with Crippen LogP contribution < -0.4 is 5.32 Å². The molecule has 2 rings (SSSR count). The minimum Gasteiger partial charge on any atom is -0.351 e. The van der Waals surface area contributed by atoms with E-state index >= 15 is 0 Å². The highest BCUT2D eigenvalue weighted by Crippen LogP contribution is 2.10. The van der Waals surface area contributed by atoms with E-state index in [-0.39, 0.29) is 11.8 Å². The van der Waals surface area contributed by atoms with Crippen LogP contribution in [0.3, 0.4) is 0 Å². The van der Waals surface area contributed by atoms with Crippen molar-refractivity contribution in [2.75, 3.05) is 19.6 Å². The summed E-state index contributed by atoms with van der Waals surface area (Å²) in [4.78, 5) is 26.1. The molecule has 0 bridgehead atoms. The predicted molar refractivity (Wildman–Crippen MR) is 71.7 cm³/mol. The van der Waals surface area contributed by atoms with Gasteiger partial charge in [-0.25, -0.2) is 0 Å².